The summed E-state index contributed by atoms with van der Waals surface area (Å²) in [5.74, 6) is 2.34. The van der Waals surface area contributed by atoms with Crippen LogP contribution in [-0.2, 0) is 4.79 Å². The average molecular weight is 328 g/mol. The van der Waals surface area contributed by atoms with Gasteiger partial charge in [0, 0.05) is 37.5 Å². The third-order valence-corrected chi connectivity index (χ3v) is 6.16. The summed E-state index contributed by atoms with van der Waals surface area (Å²) in [4.78, 5) is 14.8. The topological polar surface area (TPSA) is 41.6 Å². The van der Waals surface area contributed by atoms with Crippen LogP contribution in [0.15, 0.2) is 24.3 Å². The number of carbonyl (C=O) groups excluding carboxylic acids is 1. The van der Waals surface area contributed by atoms with E-state index in [-0.39, 0.29) is 0 Å². The standard InChI is InChI=1S/C20H28N2O2/c1-24-19-6-2-15(3-7-19)16-8-9-22(13-16)20(23)12-14-10-17-4-5-18(11-14)21-17/h2-3,6-7,14,16-18,21H,4-5,8-13H2,1H3. The molecule has 1 N–H and O–H groups in total. The molecule has 1 aromatic carbocycles. The van der Waals surface area contributed by atoms with E-state index in [4.69, 9.17) is 4.74 Å². The van der Waals surface area contributed by atoms with Gasteiger partial charge in [0.2, 0.25) is 5.91 Å². The molecule has 3 unspecified atom stereocenters. The van der Waals surface area contributed by atoms with Crippen molar-refractivity contribution >= 4 is 5.91 Å². The van der Waals surface area contributed by atoms with Crippen LogP contribution in [0.2, 0.25) is 0 Å². The lowest BCUT2D eigenvalue weighted by atomic mass is 9.89. The van der Waals surface area contributed by atoms with Gasteiger partial charge in [0.1, 0.15) is 5.75 Å². The first-order valence-electron chi connectivity index (χ1n) is 9.39. The second kappa shape index (κ2) is 6.75. The van der Waals surface area contributed by atoms with E-state index in [9.17, 15) is 4.79 Å². The monoisotopic (exact) mass is 328 g/mol. The number of nitrogens with one attached hydrogen (secondary N) is 1. The maximum Gasteiger partial charge on any atom is 0.222 e. The fourth-order valence-corrected chi connectivity index (χ4v) is 4.85. The minimum atomic E-state index is 0.373. The minimum Gasteiger partial charge on any atom is -0.497 e. The van der Waals surface area contributed by atoms with Crippen LogP contribution in [0.1, 0.15) is 50.0 Å². The molecule has 130 valence electrons. The van der Waals surface area contributed by atoms with Gasteiger partial charge in [-0.05, 0) is 55.7 Å². The Morgan fingerprint density at radius 2 is 1.88 bits per heavy atom. The van der Waals surface area contributed by atoms with E-state index in [2.05, 4.69) is 22.3 Å². The third kappa shape index (κ3) is 3.30. The lowest BCUT2D eigenvalue weighted by Gasteiger charge is -2.30. The molecule has 1 amide bonds. The number of methoxy groups -OCH3 is 1. The summed E-state index contributed by atoms with van der Waals surface area (Å²) in [6.45, 7) is 1.79. The van der Waals surface area contributed by atoms with E-state index < -0.39 is 0 Å². The van der Waals surface area contributed by atoms with Crippen LogP contribution < -0.4 is 10.1 Å². The number of nitrogens with zero attached hydrogens (tertiary/aromatic N) is 1. The Morgan fingerprint density at radius 3 is 2.54 bits per heavy atom. The van der Waals surface area contributed by atoms with Gasteiger partial charge in [0.25, 0.3) is 0 Å². The second-order valence-corrected chi connectivity index (χ2v) is 7.78. The molecule has 4 nitrogen and oxygen atoms in total. The molecule has 0 radical (unpaired) electrons. The highest BCUT2D eigenvalue weighted by Crippen LogP contribution is 2.34. The predicted octanol–water partition coefficient (Wildman–Crippen LogP) is 2.93. The summed E-state index contributed by atoms with van der Waals surface area (Å²) < 4.78 is 5.23. The van der Waals surface area contributed by atoms with Crippen LogP contribution in [0.4, 0.5) is 0 Å². The lowest BCUT2D eigenvalue weighted by Crippen LogP contribution is -2.40. The third-order valence-electron chi connectivity index (χ3n) is 6.16. The SMILES string of the molecule is COc1ccc(C2CCN(C(=O)CC3CC4CCC(C3)N4)C2)cc1. The normalized spacial score (nSPS) is 32.1. The number of piperidine rings is 1. The van der Waals surface area contributed by atoms with Crippen molar-refractivity contribution in [3.05, 3.63) is 29.8 Å². The first-order chi connectivity index (χ1) is 11.7. The first-order valence-corrected chi connectivity index (χ1v) is 9.39. The van der Waals surface area contributed by atoms with Crippen molar-refractivity contribution in [2.75, 3.05) is 20.2 Å². The van der Waals surface area contributed by atoms with Crippen molar-refractivity contribution in [1.29, 1.82) is 0 Å². The van der Waals surface area contributed by atoms with E-state index in [0.717, 1.165) is 31.7 Å². The first kappa shape index (κ1) is 15.9. The largest absolute Gasteiger partial charge is 0.497 e. The Hall–Kier alpha value is -1.55. The summed E-state index contributed by atoms with van der Waals surface area (Å²) in [5, 5.41) is 3.67. The van der Waals surface area contributed by atoms with Crippen molar-refractivity contribution in [1.82, 2.24) is 10.2 Å². The van der Waals surface area contributed by atoms with Gasteiger partial charge in [-0.1, -0.05) is 12.1 Å². The maximum atomic E-state index is 12.7. The van der Waals surface area contributed by atoms with Crippen LogP contribution in [0.25, 0.3) is 0 Å². The maximum absolute atomic E-state index is 12.7. The van der Waals surface area contributed by atoms with Gasteiger partial charge in [0.05, 0.1) is 7.11 Å². The Balaban J connectivity index is 1.31. The number of benzene rings is 1. The quantitative estimate of drug-likeness (QED) is 0.924. The molecule has 3 heterocycles. The molecule has 3 aliphatic rings. The number of likely N-dealkylation sites (tertiary alicyclic amines) is 1. The van der Waals surface area contributed by atoms with Crippen LogP contribution >= 0.6 is 0 Å². The van der Waals surface area contributed by atoms with Crippen LogP contribution in [0.3, 0.4) is 0 Å². The van der Waals surface area contributed by atoms with E-state index in [1.807, 2.05) is 12.1 Å². The van der Waals surface area contributed by atoms with E-state index in [1.165, 1.54) is 31.2 Å². The van der Waals surface area contributed by atoms with Gasteiger partial charge < -0.3 is 15.0 Å². The lowest BCUT2D eigenvalue weighted by molar-refractivity contribution is -0.131. The molecule has 4 heteroatoms. The number of rotatable bonds is 4. The molecule has 0 saturated carbocycles. The molecule has 3 aliphatic heterocycles. The molecule has 0 spiro atoms. The molecule has 0 aliphatic carbocycles. The Labute approximate surface area is 144 Å². The zero-order valence-corrected chi connectivity index (χ0v) is 14.5. The predicted molar refractivity (Wildman–Crippen MR) is 94.2 cm³/mol. The number of amides is 1. The zero-order chi connectivity index (χ0) is 16.5. The molecule has 3 atom stereocenters. The van der Waals surface area contributed by atoms with E-state index >= 15 is 0 Å². The number of hydrogen-bond acceptors (Lipinski definition) is 3. The summed E-state index contributed by atoms with van der Waals surface area (Å²) in [6.07, 6.45) is 6.83. The summed E-state index contributed by atoms with van der Waals surface area (Å²) in [6, 6.07) is 9.67. The molecule has 24 heavy (non-hydrogen) atoms. The van der Waals surface area contributed by atoms with Gasteiger partial charge in [-0.3, -0.25) is 4.79 Å². The summed E-state index contributed by atoms with van der Waals surface area (Å²) in [5.41, 5.74) is 1.33. The molecule has 1 aromatic rings. The molecule has 0 aromatic heterocycles. The van der Waals surface area contributed by atoms with Crippen LogP contribution in [-0.4, -0.2) is 43.1 Å². The van der Waals surface area contributed by atoms with Gasteiger partial charge in [-0.2, -0.15) is 0 Å². The number of hydrogen-bond donors (Lipinski definition) is 1. The van der Waals surface area contributed by atoms with E-state index in [0.29, 0.717) is 29.8 Å². The van der Waals surface area contributed by atoms with Crippen molar-refractivity contribution in [2.45, 2.75) is 56.5 Å². The molecular weight excluding hydrogens is 300 g/mol. The number of fused-ring (bicyclic) bond motifs is 2. The Kier molecular flexibility index (Phi) is 4.49. The van der Waals surface area contributed by atoms with Gasteiger partial charge in [-0.25, -0.2) is 0 Å². The van der Waals surface area contributed by atoms with Crippen LogP contribution in [0.5, 0.6) is 5.75 Å². The summed E-state index contributed by atoms with van der Waals surface area (Å²) >= 11 is 0. The van der Waals surface area contributed by atoms with Gasteiger partial charge in [-0.15, -0.1) is 0 Å². The molecular formula is C20H28N2O2. The highest BCUT2D eigenvalue weighted by Gasteiger charge is 2.35. The minimum absolute atomic E-state index is 0.373. The van der Waals surface area contributed by atoms with Gasteiger partial charge >= 0.3 is 0 Å². The fourth-order valence-electron chi connectivity index (χ4n) is 4.85. The smallest absolute Gasteiger partial charge is 0.222 e. The second-order valence-electron chi connectivity index (χ2n) is 7.78. The van der Waals surface area contributed by atoms with Crippen molar-refractivity contribution < 1.29 is 9.53 Å². The average Bonchev–Trinajstić information content (AvgIpc) is 3.22. The van der Waals surface area contributed by atoms with Crippen LogP contribution in [0, 0.1) is 5.92 Å². The summed E-state index contributed by atoms with van der Waals surface area (Å²) in [7, 11) is 1.69. The Bertz CT molecular complexity index is 574. The molecule has 3 fully saturated rings. The number of ether oxygens (including phenoxy) is 1. The molecule has 2 bridgehead atoms. The van der Waals surface area contributed by atoms with E-state index in [1.54, 1.807) is 7.11 Å². The highest BCUT2D eigenvalue weighted by molar-refractivity contribution is 5.77. The Morgan fingerprint density at radius 1 is 1.17 bits per heavy atom. The zero-order valence-electron chi connectivity index (χ0n) is 14.5. The van der Waals surface area contributed by atoms with Crippen molar-refractivity contribution in [2.24, 2.45) is 5.92 Å². The van der Waals surface area contributed by atoms with Crippen molar-refractivity contribution in [3.8, 4) is 5.75 Å². The highest BCUT2D eigenvalue weighted by atomic mass is 16.5. The molecule has 4 rings (SSSR count). The fraction of sp³-hybridized carbons (Fsp3) is 0.650. The number of carbonyl (C=O) groups is 1. The van der Waals surface area contributed by atoms with Gasteiger partial charge in [0.15, 0.2) is 0 Å². The molecule has 3 saturated heterocycles. The van der Waals surface area contributed by atoms with Crippen molar-refractivity contribution in [3.63, 3.8) is 0 Å².